The van der Waals surface area contributed by atoms with Crippen LogP contribution in [0.5, 0.6) is 0 Å². The van der Waals surface area contributed by atoms with E-state index in [2.05, 4.69) is 9.88 Å². The molecule has 0 aliphatic carbocycles. The molecule has 0 saturated carbocycles. The minimum absolute atomic E-state index is 0.0675. The minimum atomic E-state index is -0.0675. The van der Waals surface area contributed by atoms with Gasteiger partial charge < -0.3 is 14.8 Å². The molecule has 0 bridgehead atoms. The van der Waals surface area contributed by atoms with Crippen molar-refractivity contribution in [3.05, 3.63) is 64.9 Å². The molecule has 3 aromatic rings. The van der Waals surface area contributed by atoms with Crippen molar-refractivity contribution in [2.24, 2.45) is 0 Å². The van der Waals surface area contributed by atoms with Crippen LogP contribution in [-0.4, -0.2) is 45.9 Å². The van der Waals surface area contributed by atoms with Crippen molar-refractivity contribution in [1.29, 1.82) is 0 Å². The standard InChI is InChI=1S/C26H31ClN4O2/c27-21-10-4-3-9-20(21)19-25(32)28-15-13-24-29-22-11-5-6-12-23(22)31(24)18-14-26(33)30-16-7-1-2-8-17-30/h3-6,9-12H,1-2,7-8,13-19H2,(H,28,32). The van der Waals surface area contributed by atoms with E-state index in [0.29, 0.717) is 31.0 Å². The Hall–Kier alpha value is -2.86. The summed E-state index contributed by atoms with van der Waals surface area (Å²) in [6.07, 6.45) is 5.93. The Balaban J connectivity index is 1.38. The van der Waals surface area contributed by atoms with Gasteiger partial charge in [0, 0.05) is 44.0 Å². The van der Waals surface area contributed by atoms with Crippen molar-refractivity contribution >= 4 is 34.4 Å². The predicted octanol–water partition coefficient (Wildman–Crippen LogP) is 4.38. The van der Waals surface area contributed by atoms with Crippen LogP contribution in [0, 0.1) is 0 Å². The Morgan fingerprint density at radius 3 is 2.48 bits per heavy atom. The first-order chi connectivity index (χ1) is 16.1. The number of rotatable bonds is 8. The number of aromatic nitrogens is 2. The molecule has 1 aromatic heterocycles. The molecule has 2 amide bonds. The Labute approximate surface area is 199 Å². The van der Waals surface area contributed by atoms with Crippen molar-refractivity contribution in [2.75, 3.05) is 19.6 Å². The van der Waals surface area contributed by atoms with Gasteiger partial charge in [-0.2, -0.15) is 0 Å². The normalized spacial score (nSPS) is 14.3. The lowest BCUT2D eigenvalue weighted by Gasteiger charge is -2.20. The molecular formula is C26H31ClN4O2. The van der Waals surface area contributed by atoms with Crippen LogP contribution in [0.4, 0.5) is 0 Å². The zero-order valence-electron chi connectivity index (χ0n) is 18.9. The van der Waals surface area contributed by atoms with Gasteiger partial charge in [0.25, 0.3) is 0 Å². The van der Waals surface area contributed by atoms with E-state index in [1.807, 2.05) is 47.4 Å². The van der Waals surface area contributed by atoms with Gasteiger partial charge in [-0.1, -0.05) is 54.8 Å². The Morgan fingerprint density at radius 2 is 1.70 bits per heavy atom. The van der Waals surface area contributed by atoms with Gasteiger partial charge in [-0.25, -0.2) is 4.98 Å². The van der Waals surface area contributed by atoms with Gasteiger partial charge in [0.15, 0.2) is 0 Å². The highest BCUT2D eigenvalue weighted by Crippen LogP contribution is 2.18. The number of carbonyl (C=O) groups is 2. The van der Waals surface area contributed by atoms with Gasteiger partial charge in [0.2, 0.25) is 11.8 Å². The molecule has 0 unspecified atom stereocenters. The van der Waals surface area contributed by atoms with Crippen LogP contribution in [0.3, 0.4) is 0 Å². The molecule has 2 heterocycles. The highest BCUT2D eigenvalue weighted by atomic mass is 35.5. The lowest BCUT2D eigenvalue weighted by atomic mass is 10.1. The Bertz CT molecular complexity index is 1100. The molecule has 1 fully saturated rings. The number of likely N-dealkylation sites (tertiary alicyclic amines) is 1. The van der Waals surface area contributed by atoms with E-state index in [4.69, 9.17) is 16.6 Å². The Morgan fingerprint density at radius 1 is 0.970 bits per heavy atom. The summed E-state index contributed by atoms with van der Waals surface area (Å²) in [5.74, 6) is 1.04. The third-order valence-electron chi connectivity index (χ3n) is 6.22. The number of halogens is 1. The molecule has 1 saturated heterocycles. The zero-order chi connectivity index (χ0) is 23.0. The van der Waals surface area contributed by atoms with Gasteiger partial charge in [-0.3, -0.25) is 9.59 Å². The quantitative estimate of drug-likeness (QED) is 0.535. The molecule has 1 N–H and O–H groups in total. The van der Waals surface area contributed by atoms with Crippen LogP contribution < -0.4 is 5.32 Å². The van der Waals surface area contributed by atoms with Crippen LogP contribution >= 0.6 is 11.6 Å². The zero-order valence-corrected chi connectivity index (χ0v) is 19.7. The summed E-state index contributed by atoms with van der Waals surface area (Å²) in [4.78, 5) is 32.0. The van der Waals surface area contributed by atoms with Crippen molar-refractivity contribution in [2.45, 2.75) is 51.5 Å². The molecule has 0 radical (unpaired) electrons. The second-order valence-corrected chi connectivity index (χ2v) is 8.99. The molecule has 174 valence electrons. The number of nitrogens with zero attached hydrogens (tertiary/aromatic N) is 3. The average molecular weight is 467 g/mol. The van der Waals surface area contributed by atoms with Gasteiger partial charge in [-0.15, -0.1) is 0 Å². The third kappa shape index (κ3) is 6.14. The van der Waals surface area contributed by atoms with E-state index >= 15 is 0 Å². The number of imidazole rings is 1. The van der Waals surface area contributed by atoms with Crippen molar-refractivity contribution in [1.82, 2.24) is 19.8 Å². The molecule has 33 heavy (non-hydrogen) atoms. The maximum absolute atomic E-state index is 12.8. The minimum Gasteiger partial charge on any atom is -0.355 e. The van der Waals surface area contributed by atoms with E-state index in [-0.39, 0.29) is 18.2 Å². The van der Waals surface area contributed by atoms with E-state index in [0.717, 1.165) is 48.4 Å². The topological polar surface area (TPSA) is 67.2 Å². The summed E-state index contributed by atoms with van der Waals surface area (Å²) in [6, 6.07) is 15.4. The summed E-state index contributed by atoms with van der Waals surface area (Å²) in [6.45, 7) is 2.81. The summed E-state index contributed by atoms with van der Waals surface area (Å²) in [7, 11) is 0. The first kappa shape index (κ1) is 23.3. The summed E-state index contributed by atoms with van der Waals surface area (Å²) >= 11 is 6.17. The third-order valence-corrected chi connectivity index (χ3v) is 6.59. The summed E-state index contributed by atoms with van der Waals surface area (Å²) < 4.78 is 2.13. The van der Waals surface area contributed by atoms with E-state index in [1.165, 1.54) is 12.8 Å². The Kier molecular flexibility index (Phi) is 8.00. The highest BCUT2D eigenvalue weighted by molar-refractivity contribution is 6.31. The van der Waals surface area contributed by atoms with Gasteiger partial charge >= 0.3 is 0 Å². The number of amides is 2. The lowest BCUT2D eigenvalue weighted by molar-refractivity contribution is -0.131. The molecule has 1 aliphatic heterocycles. The van der Waals surface area contributed by atoms with E-state index < -0.39 is 0 Å². The average Bonchev–Trinajstić information content (AvgIpc) is 2.97. The monoisotopic (exact) mass is 466 g/mol. The second-order valence-electron chi connectivity index (χ2n) is 8.58. The summed E-state index contributed by atoms with van der Waals surface area (Å²) in [5.41, 5.74) is 2.76. The molecule has 6 nitrogen and oxygen atoms in total. The molecule has 2 aromatic carbocycles. The van der Waals surface area contributed by atoms with Crippen molar-refractivity contribution in [3.63, 3.8) is 0 Å². The number of hydrogen-bond donors (Lipinski definition) is 1. The maximum atomic E-state index is 12.8. The van der Waals surface area contributed by atoms with Crippen LogP contribution in [0.15, 0.2) is 48.5 Å². The number of carbonyl (C=O) groups excluding carboxylic acids is 2. The molecule has 4 rings (SSSR count). The van der Waals surface area contributed by atoms with Gasteiger partial charge in [0.05, 0.1) is 17.5 Å². The van der Waals surface area contributed by atoms with Gasteiger partial charge in [0.1, 0.15) is 5.82 Å². The fourth-order valence-electron chi connectivity index (χ4n) is 4.44. The largest absolute Gasteiger partial charge is 0.355 e. The number of benzene rings is 2. The number of nitrogens with one attached hydrogen (secondary N) is 1. The van der Waals surface area contributed by atoms with Crippen molar-refractivity contribution in [3.8, 4) is 0 Å². The fraction of sp³-hybridized carbons (Fsp3) is 0.423. The van der Waals surface area contributed by atoms with E-state index in [9.17, 15) is 9.59 Å². The van der Waals surface area contributed by atoms with Crippen LogP contribution in [0.2, 0.25) is 5.02 Å². The predicted molar refractivity (Wildman–Crippen MR) is 131 cm³/mol. The molecular weight excluding hydrogens is 436 g/mol. The van der Waals surface area contributed by atoms with Crippen LogP contribution in [0.1, 0.15) is 43.5 Å². The SMILES string of the molecule is O=C(Cc1ccccc1Cl)NCCc1nc2ccccc2n1CCC(=O)N1CCCCCC1. The van der Waals surface area contributed by atoms with Crippen molar-refractivity contribution < 1.29 is 9.59 Å². The summed E-state index contributed by atoms with van der Waals surface area (Å²) in [5, 5.41) is 3.58. The van der Waals surface area contributed by atoms with Crippen LogP contribution in [0.25, 0.3) is 11.0 Å². The molecule has 0 spiro atoms. The lowest BCUT2D eigenvalue weighted by Crippen LogP contribution is -2.32. The first-order valence-electron chi connectivity index (χ1n) is 11.8. The van der Waals surface area contributed by atoms with Crippen LogP contribution in [-0.2, 0) is 29.0 Å². The number of fused-ring (bicyclic) bond motifs is 1. The smallest absolute Gasteiger partial charge is 0.224 e. The van der Waals surface area contributed by atoms with Gasteiger partial charge in [-0.05, 0) is 36.6 Å². The molecule has 7 heteroatoms. The number of para-hydroxylation sites is 2. The van der Waals surface area contributed by atoms with E-state index in [1.54, 1.807) is 6.07 Å². The molecule has 0 atom stereocenters. The fourth-order valence-corrected chi connectivity index (χ4v) is 4.64. The molecule has 1 aliphatic rings. The number of aryl methyl sites for hydroxylation is 1. The number of hydrogen-bond acceptors (Lipinski definition) is 3. The first-order valence-corrected chi connectivity index (χ1v) is 12.2. The highest BCUT2D eigenvalue weighted by Gasteiger charge is 2.17. The second kappa shape index (κ2) is 11.3. The maximum Gasteiger partial charge on any atom is 0.224 e.